The van der Waals surface area contributed by atoms with E-state index in [1.165, 1.54) is 22.9 Å². The van der Waals surface area contributed by atoms with Crippen molar-refractivity contribution in [3.63, 3.8) is 0 Å². The first-order valence-electron chi connectivity index (χ1n) is 7.46. The molecule has 0 N–H and O–H groups in total. The number of rotatable bonds is 4. The van der Waals surface area contributed by atoms with E-state index in [0.717, 1.165) is 25.3 Å². The molecule has 0 aliphatic heterocycles. The van der Waals surface area contributed by atoms with Gasteiger partial charge in [0.15, 0.2) is 5.69 Å². The summed E-state index contributed by atoms with van der Waals surface area (Å²) < 4.78 is 61.3. The summed E-state index contributed by atoms with van der Waals surface area (Å²) in [5.41, 5.74) is 0.217. The van der Waals surface area contributed by atoms with E-state index < -0.39 is 23.9 Å². The Labute approximate surface area is 155 Å². The predicted octanol–water partition coefficient (Wildman–Crippen LogP) is 4.56. The van der Waals surface area contributed by atoms with Crippen molar-refractivity contribution in [2.45, 2.75) is 12.9 Å². The Balaban J connectivity index is 2.11. The van der Waals surface area contributed by atoms with Gasteiger partial charge in [-0.1, -0.05) is 17.7 Å². The third kappa shape index (κ3) is 4.13. The van der Waals surface area contributed by atoms with Gasteiger partial charge in [0, 0.05) is 22.0 Å². The second kappa shape index (κ2) is 7.07. The lowest BCUT2D eigenvalue weighted by molar-refractivity contribution is -0.274. The monoisotopic (exact) mass is 402 g/mol. The van der Waals surface area contributed by atoms with Gasteiger partial charge in [0.1, 0.15) is 11.6 Å². The molecule has 0 amide bonds. The van der Waals surface area contributed by atoms with Crippen LogP contribution in [0, 0.1) is 5.82 Å². The van der Waals surface area contributed by atoms with Crippen molar-refractivity contribution in [1.29, 1.82) is 0 Å². The first kappa shape index (κ1) is 19.0. The highest BCUT2D eigenvalue weighted by Crippen LogP contribution is 2.29. The van der Waals surface area contributed by atoms with Crippen LogP contribution in [0.2, 0.25) is 5.02 Å². The Hall–Kier alpha value is -2.81. The van der Waals surface area contributed by atoms with E-state index in [2.05, 4.69) is 14.6 Å². The SMILES string of the molecule is COC(=O)c1nn(Cc2ccc(Cl)cc2F)c2cc(OC(F)(F)F)ccc12. The summed E-state index contributed by atoms with van der Waals surface area (Å²) in [5, 5.41) is 4.50. The van der Waals surface area contributed by atoms with E-state index in [0.29, 0.717) is 0 Å². The molecule has 1 heterocycles. The topological polar surface area (TPSA) is 53.3 Å². The largest absolute Gasteiger partial charge is 0.573 e. The molecule has 2 aromatic carbocycles. The van der Waals surface area contributed by atoms with E-state index >= 15 is 0 Å². The van der Waals surface area contributed by atoms with Crippen molar-refractivity contribution >= 4 is 28.5 Å². The molecule has 142 valence electrons. The van der Waals surface area contributed by atoms with E-state index in [-0.39, 0.29) is 33.7 Å². The zero-order valence-electron chi connectivity index (χ0n) is 13.7. The minimum atomic E-state index is -4.88. The number of hydrogen-bond donors (Lipinski definition) is 0. The molecule has 0 aliphatic carbocycles. The van der Waals surface area contributed by atoms with Crippen molar-refractivity contribution < 1.29 is 31.8 Å². The Bertz CT molecular complexity index is 1020. The van der Waals surface area contributed by atoms with Gasteiger partial charge < -0.3 is 9.47 Å². The summed E-state index contributed by atoms with van der Waals surface area (Å²) in [6, 6.07) is 7.35. The highest BCUT2D eigenvalue weighted by atomic mass is 35.5. The number of hydrogen-bond acceptors (Lipinski definition) is 4. The molecule has 0 atom stereocenters. The number of alkyl halides is 3. The van der Waals surface area contributed by atoms with Crippen molar-refractivity contribution in [1.82, 2.24) is 9.78 Å². The standard InChI is InChI=1S/C17H11ClF4N2O3/c1-26-16(25)15-12-5-4-11(27-17(20,21)22)7-14(12)24(23-15)8-9-2-3-10(18)6-13(9)19/h2-7H,8H2,1H3. The molecule has 0 saturated heterocycles. The summed E-state index contributed by atoms with van der Waals surface area (Å²) in [7, 11) is 1.15. The second-order valence-corrected chi connectivity index (χ2v) is 5.90. The van der Waals surface area contributed by atoms with E-state index in [9.17, 15) is 22.4 Å². The Kier molecular flexibility index (Phi) is 4.97. The van der Waals surface area contributed by atoms with Gasteiger partial charge in [-0.2, -0.15) is 5.10 Å². The molecule has 1 aromatic heterocycles. The molecular formula is C17H11ClF4N2O3. The van der Waals surface area contributed by atoms with Gasteiger partial charge in [0.2, 0.25) is 0 Å². The molecule has 0 bridgehead atoms. The molecule has 0 fully saturated rings. The number of nitrogens with zero attached hydrogens (tertiary/aromatic N) is 2. The Morgan fingerprint density at radius 1 is 1.22 bits per heavy atom. The molecule has 0 aliphatic rings. The number of carbonyl (C=O) groups excluding carboxylic acids is 1. The van der Waals surface area contributed by atoms with Gasteiger partial charge in [0.05, 0.1) is 19.2 Å². The average molecular weight is 403 g/mol. The Morgan fingerprint density at radius 3 is 2.59 bits per heavy atom. The maximum Gasteiger partial charge on any atom is 0.573 e. The highest BCUT2D eigenvalue weighted by Gasteiger charge is 2.31. The fourth-order valence-electron chi connectivity index (χ4n) is 2.53. The van der Waals surface area contributed by atoms with E-state index in [1.807, 2.05) is 0 Å². The van der Waals surface area contributed by atoms with Gasteiger partial charge in [-0.05, 0) is 24.3 Å². The van der Waals surface area contributed by atoms with Gasteiger partial charge in [-0.25, -0.2) is 9.18 Å². The summed E-state index contributed by atoms with van der Waals surface area (Å²) in [6.07, 6.45) is -4.88. The number of aromatic nitrogens is 2. The summed E-state index contributed by atoms with van der Waals surface area (Å²) in [6.45, 7) is -0.147. The van der Waals surface area contributed by atoms with Crippen molar-refractivity contribution in [2.24, 2.45) is 0 Å². The lowest BCUT2D eigenvalue weighted by Gasteiger charge is -2.10. The second-order valence-electron chi connectivity index (χ2n) is 5.46. The van der Waals surface area contributed by atoms with Crippen LogP contribution < -0.4 is 4.74 Å². The molecule has 5 nitrogen and oxygen atoms in total. The maximum absolute atomic E-state index is 14.1. The smallest absolute Gasteiger partial charge is 0.464 e. The molecule has 3 rings (SSSR count). The van der Waals surface area contributed by atoms with Crippen LogP contribution in [0.15, 0.2) is 36.4 Å². The molecule has 3 aromatic rings. The minimum absolute atomic E-state index is 0.111. The molecule has 0 spiro atoms. The van der Waals surface area contributed by atoms with Gasteiger partial charge >= 0.3 is 12.3 Å². The quantitative estimate of drug-likeness (QED) is 0.474. The van der Waals surface area contributed by atoms with Crippen molar-refractivity contribution in [2.75, 3.05) is 7.11 Å². The molecule has 0 radical (unpaired) electrons. The third-order valence-corrected chi connectivity index (χ3v) is 3.91. The van der Waals surface area contributed by atoms with Crippen LogP contribution in [0.3, 0.4) is 0 Å². The molecular weight excluding hydrogens is 392 g/mol. The average Bonchev–Trinajstić information content (AvgIpc) is 2.93. The number of methoxy groups -OCH3 is 1. The zero-order chi connectivity index (χ0) is 19.8. The van der Waals surface area contributed by atoms with Crippen LogP contribution in [0.4, 0.5) is 17.6 Å². The first-order valence-corrected chi connectivity index (χ1v) is 7.84. The van der Waals surface area contributed by atoms with Crippen LogP contribution in [0.25, 0.3) is 10.9 Å². The summed E-state index contributed by atoms with van der Waals surface area (Å²) in [5.74, 6) is -1.89. The number of ether oxygens (including phenoxy) is 2. The van der Waals surface area contributed by atoms with E-state index in [4.69, 9.17) is 11.6 Å². The zero-order valence-corrected chi connectivity index (χ0v) is 14.4. The Morgan fingerprint density at radius 2 is 1.96 bits per heavy atom. The fraction of sp³-hybridized carbons (Fsp3) is 0.176. The number of halogens is 5. The van der Waals surface area contributed by atoms with Crippen LogP contribution in [-0.4, -0.2) is 29.2 Å². The van der Waals surface area contributed by atoms with Crippen molar-refractivity contribution in [3.8, 4) is 5.75 Å². The molecule has 10 heteroatoms. The maximum atomic E-state index is 14.1. The highest BCUT2D eigenvalue weighted by molar-refractivity contribution is 6.30. The lowest BCUT2D eigenvalue weighted by Crippen LogP contribution is -2.17. The molecule has 0 unspecified atom stereocenters. The third-order valence-electron chi connectivity index (χ3n) is 3.67. The van der Waals surface area contributed by atoms with Gasteiger partial charge in [-0.3, -0.25) is 4.68 Å². The predicted molar refractivity (Wildman–Crippen MR) is 88.3 cm³/mol. The fourth-order valence-corrected chi connectivity index (χ4v) is 2.69. The number of carbonyl (C=O) groups is 1. The normalized spacial score (nSPS) is 11.6. The van der Waals surface area contributed by atoms with Crippen LogP contribution in [0.1, 0.15) is 16.1 Å². The van der Waals surface area contributed by atoms with Crippen molar-refractivity contribution in [3.05, 3.63) is 58.5 Å². The van der Waals surface area contributed by atoms with Crippen LogP contribution in [0.5, 0.6) is 5.75 Å². The van der Waals surface area contributed by atoms with Crippen LogP contribution >= 0.6 is 11.6 Å². The minimum Gasteiger partial charge on any atom is -0.464 e. The molecule has 0 saturated carbocycles. The summed E-state index contributed by atoms with van der Waals surface area (Å²) >= 11 is 5.72. The number of fused-ring (bicyclic) bond motifs is 1. The van der Waals surface area contributed by atoms with E-state index in [1.54, 1.807) is 0 Å². The first-order chi connectivity index (χ1) is 12.7. The van der Waals surface area contributed by atoms with Crippen LogP contribution in [-0.2, 0) is 11.3 Å². The number of esters is 1. The van der Waals surface area contributed by atoms with Gasteiger partial charge in [0.25, 0.3) is 0 Å². The molecule has 27 heavy (non-hydrogen) atoms. The summed E-state index contributed by atoms with van der Waals surface area (Å²) in [4.78, 5) is 11.9. The van der Waals surface area contributed by atoms with Gasteiger partial charge in [-0.15, -0.1) is 13.2 Å². The number of benzene rings is 2. The lowest BCUT2D eigenvalue weighted by atomic mass is 10.2.